The largest absolute Gasteiger partial charge is 0.480 e. The number of carbonyl (C=O) groups is 2. The molecule has 5 nitrogen and oxygen atoms in total. The fourth-order valence-electron chi connectivity index (χ4n) is 1.70. The van der Waals surface area contributed by atoms with E-state index in [1.54, 1.807) is 19.2 Å². The molecule has 0 radical (unpaired) electrons. The van der Waals surface area contributed by atoms with Crippen LogP contribution in [0.25, 0.3) is 0 Å². The average molecular weight is 280 g/mol. The highest BCUT2D eigenvalue weighted by Crippen LogP contribution is 2.07. The summed E-state index contributed by atoms with van der Waals surface area (Å²) in [6.45, 7) is 3.53. The van der Waals surface area contributed by atoms with E-state index in [1.807, 2.05) is 0 Å². The number of carboxylic acid groups (broad SMARTS) is 1. The molecule has 1 aromatic carbocycles. The summed E-state index contributed by atoms with van der Waals surface area (Å²) in [4.78, 5) is 25.4. The third-order valence-corrected chi connectivity index (χ3v) is 2.61. The van der Waals surface area contributed by atoms with Crippen molar-refractivity contribution in [2.75, 3.05) is 20.1 Å². The highest BCUT2D eigenvalue weighted by atomic mass is 19.1. The van der Waals surface area contributed by atoms with E-state index in [9.17, 15) is 14.0 Å². The van der Waals surface area contributed by atoms with Gasteiger partial charge in [0.25, 0.3) is 0 Å². The molecule has 0 aliphatic heterocycles. The maximum atomic E-state index is 12.8. The summed E-state index contributed by atoms with van der Waals surface area (Å²) in [7, 11) is 1.56. The normalized spacial score (nSPS) is 9.90. The first-order valence-corrected chi connectivity index (χ1v) is 6.01. The second kappa shape index (κ2) is 7.28. The third-order valence-electron chi connectivity index (χ3n) is 2.61. The lowest BCUT2D eigenvalue weighted by atomic mass is 10.2. The summed E-state index contributed by atoms with van der Waals surface area (Å²) in [6, 6.07) is 5.36. The minimum Gasteiger partial charge on any atom is -0.480 e. The molecule has 1 aromatic rings. The van der Waals surface area contributed by atoms with Crippen LogP contribution in [0.2, 0.25) is 0 Å². The molecular weight excluding hydrogens is 263 g/mol. The van der Waals surface area contributed by atoms with Gasteiger partial charge in [0.1, 0.15) is 12.4 Å². The van der Waals surface area contributed by atoms with Gasteiger partial charge in [0.15, 0.2) is 0 Å². The lowest BCUT2D eigenvalue weighted by Crippen LogP contribution is -2.43. The topological polar surface area (TPSA) is 60.9 Å². The summed E-state index contributed by atoms with van der Waals surface area (Å²) in [5.74, 6) is -1.43. The molecule has 0 aliphatic carbocycles. The van der Waals surface area contributed by atoms with Crippen LogP contribution in [0, 0.1) is 5.82 Å². The Morgan fingerprint density at radius 2 is 1.95 bits per heavy atom. The molecule has 2 amide bonds. The van der Waals surface area contributed by atoms with Crippen molar-refractivity contribution in [3.63, 3.8) is 0 Å². The number of amides is 2. The maximum Gasteiger partial charge on any atom is 0.323 e. The molecule has 0 saturated heterocycles. The molecule has 0 atom stereocenters. The summed E-state index contributed by atoms with van der Waals surface area (Å²) in [5.41, 5.74) is 0.760. The van der Waals surface area contributed by atoms with Crippen molar-refractivity contribution in [3.8, 4) is 0 Å². The van der Waals surface area contributed by atoms with Crippen LogP contribution in [-0.2, 0) is 11.3 Å². The molecule has 108 valence electrons. The summed E-state index contributed by atoms with van der Waals surface area (Å²) < 4.78 is 12.8. The predicted molar refractivity (Wildman–Crippen MR) is 72.7 cm³/mol. The Labute approximate surface area is 116 Å². The number of nitrogens with zero attached hydrogens (tertiary/aromatic N) is 2. The van der Waals surface area contributed by atoms with E-state index >= 15 is 0 Å². The number of hydrogen-bond donors (Lipinski definition) is 1. The van der Waals surface area contributed by atoms with Gasteiger partial charge in [-0.05, 0) is 17.7 Å². The molecule has 1 N–H and O–H groups in total. The summed E-state index contributed by atoms with van der Waals surface area (Å²) in [6.07, 6.45) is 1.46. The average Bonchev–Trinajstić information content (AvgIpc) is 2.39. The fraction of sp³-hybridized carbons (Fsp3) is 0.286. The monoisotopic (exact) mass is 280 g/mol. The molecule has 0 heterocycles. The lowest BCUT2D eigenvalue weighted by Gasteiger charge is -2.26. The molecule has 0 aliphatic rings. The SMILES string of the molecule is C=CCN(CC(=O)O)C(=O)N(C)Cc1ccc(F)cc1. The number of urea groups is 1. The molecule has 0 aromatic heterocycles. The van der Waals surface area contributed by atoms with Crippen molar-refractivity contribution in [2.45, 2.75) is 6.54 Å². The van der Waals surface area contributed by atoms with Gasteiger partial charge in [0, 0.05) is 20.1 Å². The van der Waals surface area contributed by atoms with E-state index in [0.29, 0.717) is 0 Å². The predicted octanol–water partition coefficient (Wildman–Crippen LogP) is 1.95. The van der Waals surface area contributed by atoms with Crippen LogP contribution in [0.5, 0.6) is 0 Å². The number of aliphatic carboxylic acids is 1. The van der Waals surface area contributed by atoms with Crippen LogP contribution in [0.3, 0.4) is 0 Å². The Balaban J connectivity index is 2.70. The van der Waals surface area contributed by atoms with Gasteiger partial charge in [0.2, 0.25) is 0 Å². The van der Waals surface area contributed by atoms with E-state index < -0.39 is 18.5 Å². The molecular formula is C14H17FN2O3. The Kier molecular flexibility index (Phi) is 5.71. The van der Waals surface area contributed by atoms with E-state index in [0.717, 1.165) is 5.56 Å². The summed E-state index contributed by atoms with van der Waals surface area (Å²) in [5, 5.41) is 8.77. The molecule has 6 heteroatoms. The van der Waals surface area contributed by atoms with Crippen LogP contribution in [-0.4, -0.2) is 47.0 Å². The number of halogens is 1. The molecule has 20 heavy (non-hydrogen) atoms. The molecule has 1 rings (SSSR count). The van der Waals surface area contributed by atoms with Crippen molar-refractivity contribution in [3.05, 3.63) is 48.3 Å². The second-order valence-electron chi connectivity index (χ2n) is 4.33. The number of hydrogen-bond acceptors (Lipinski definition) is 2. The first-order valence-electron chi connectivity index (χ1n) is 6.01. The zero-order valence-corrected chi connectivity index (χ0v) is 11.3. The van der Waals surface area contributed by atoms with Gasteiger partial charge in [-0.1, -0.05) is 18.2 Å². The van der Waals surface area contributed by atoms with Crippen LogP contribution < -0.4 is 0 Å². The minimum atomic E-state index is -1.09. The number of carboxylic acids is 1. The van der Waals surface area contributed by atoms with Crippen LogP contribution in [0.1, 0.15) is 5.56 Å². The zero-order chi connectivity index (χ0) is 15.1. The molecule has 0 fully saturated rings. The first kappa shape index (κ1) is 15.7. The van der Waals surface area contributed by atoms with Crippen molar-refractivity contribution < 1.29 is 19.1 Å². The fourth-order valence-corrected chi connectivity index (χ4v) is 1.70. The molecule has 0 bridgehead atoms. The van der Waals surface area contributed by atoms with E-state index in [-0.39, 0.29) is 18.9 Å². The van der Waals surface area contributed by atoms with Crippen molar-refractivity contribution in [1.29, 1.82) is 0 Å². The van der Waals surface area contributed by atoms with E-state index in [4.69, 9.17) is 5.11 Å². The standard InChI is InChI=1S/C14H17FN2O3/c1-3-8-17(10-13(18)19)14(20)16(2)9-11-4-6-12(15)7-5-11/h3-7H,1,8-10H2,2H3,(H,18,19). The molecule has 0 spiro atoms. The Morgan fingerprint density at radius 3 is 2.45 bits per heavy atom. The Hall–Kier alpha value is -2.37. The Morgan fingerprint density at radius 1 is 1.35 bits per heavy atom. The van der Waals surface area contributed by atoms with Gasteiger partial charge in [0.05, 0.1) is 0 Å². The number of rotatable bonds is 6. The van der Waals surface area contributed by atoms with Crippen LogP contribution in [0.4, 0.5) is 9.18 Å². The van der Waals surface area contributed by atoms with Gasteiger partial charge >= 0.3 is 12.0 Å². The van der Waals surface area contributed by atoms with Crippen molar-refractivity contribution in [1.82, 2.24) is 9.80 Å². The van der Waals surface area contributed by atoms with E-state index in [2.05, 4.69) is 6.58 Å². The van der Waals surface area contributed by atoms with Gasteiger partial charge in [-0.2, -0.15) is 0 Å². The minimum absolute atomic E-state index is 0.152. The lowest BCUT2D eigenvalue weighted by molar-refractivity contribution is -0.137. The third kappa shape index (κ3) is 4.72. The highest BCUT2D eigenvalue weighted by Gasteiger charge is 2.19. The highest BCUT2D eigenvalue weighted by molar-refractivity contribution is 5.80. The van der Waals surface area contributed by atoms with Crippen LogP contribution >= 0.6 is 0 Å². The van der Waals surface area contributed by atoms with Crippen molar-refractivity contribution >= 4 is 12.0 Å². The zero-order valence-electron chi connectivity index (χ0n) is 11.3. The second-order valence-corrected chi connectivity index (χ2v) is 4.33. The van der Waals surface area contributed by atoms with Gasteiger partial charge in [-0.3, -0.25) is 4.79 Å². The smallest absolute Gasteiger partial charge is 0.323 e. The molecule has 0 saturated carbocycles. The van der Waals surface area contributed by atoms with Gasteiger partial charge in [-0.15, -0.1) is 6.58 Å². The molecule has 0 unspecified atom stereocenters. The Bertz CT molecular complexity index is 488. The van der Waals surface area contributed by atoms with Crippen LogP contribution in [0.15, 0.2) is 36.9 Å². The number of carbonyl (C=O) groups excluding carboxylic acids is 1. The number of benzene rings is 1. The van der Waals surface area contributed by atoms with Gasteiger partial charge in [-0.25, -0.2) is 9.18 Å². The van der Waals surface area contributed by atoms with Gasteiger partial charge < -0.3 is 14.9 Å². The van der Waals surface area contributed by atoms with E-state index in [1.165, 1.54) is 28.0 Å². The van der Waals surface area contributed by atoms with Crippen molar-refractivity contribution in [2.24, 2.45) is 0 Å². The quantitative estimate of drug-likeness (QED) is 0.810. The maximum absolute atomic E-state index is 12.8. The first-order chi connectivity index (χ1) is 9.43. The summed E-state index contributed by atoms with van der Waals surface area (Å²) >= 11 is 0.